The number of thioether (sulfide) groups is 1. The normalized spacial score (nSPS) is 14.6. The van der Waals surface area contributed by atoms with Crippen molar-refractivity contribution in [2.45, 2.75) is 85.2 Å². The fourth-order valence-corrected chi connectivity index (χ4v) is 4.08. The topological polar surface area (TPSA) is 92.4 Å². The summed E-state index contributed by atoms with van der Waals surface area (Å²) in [7, 11) is 0. The Bertz CT molecular complexity index is 723. The van der Waals surface area contributed by atoms with Gasteiger partial charge in [0.2, 0.25) is 5.91 Å². The van der Waals surface area contributed by atoms with Crippen LogP contribution in [0.25, 0.3) is 0 Å². The number of nitrogens with two attached hydrogens (primary N) is 1. The van der Waals surface area contributed by atoms with Gasteiger partial charge in [-0.3, -0.25) is 4.79 Å². The van der Waals surface area contributed by atoms with E-state index in [2.05, 4.69) is 76.9 Å². The molecule has 1 amide bonds. The van der Waals surface area contributed by atoms with Crippen molar-refractivity contribution in [3.63, 3.8) is 0 Å². The highest BCUT2D eigenvalue weighted by Crippen LogP contribution is 2.14. The number of allylic oxidation sites excluding steroid dienone is 7. The van der Waals surface area contributed by atoms with Crippen LogP contribution < -0.4 is 11.1 Å². The van der Waals surface area contributed by atoms with Crippen LogP contribution in [0.2, 0.25) is 0 Å². The predicted molar refractivity (Wildman–Crippen MR) is 147 cm³/mol. The maximum atomic E-state index is 11.8. The minimum Gasteiger partial charge on any atom is -0.480 e. The molecule has 33 heavy (non-hydrogen) atoms. The molecule has 0 saturated heterocycles. The van der Waals surface area contributed by atoms with Crippen molar-refractivity contribution in [1.82, 2.24) is 5.32 Å². The fourth-order valence-electron chi connectivity index (χ4n) is 2.91. The second-order valence-corrected chi connectivity index (χ2v) is 10.2. The molecule has 0 bridgehead atoms. The first kappa shape index (κ1) is 31.6. The first-order valence-corrected chi connectivity index (χ1v) is 13.4. The molecule has 0 unspecified atom stereocenters. The molecule has 0 spiro atoms. The molecule has 5 nitrogen and oxygen atoms in total. The number of hydrogen-bond acceptors (Lipinski definition) is 5. The Balaban J connectivity index is 4.24. The van der Waals surface area contributed by atoms with Crippen LogP contribution in [0.5, 0.6) is 0 Å². The largest absolute Gasteiger partial charge is 0.480 e. The van der Waals surface area contributed by atoms with E-state index >= 15 is 0 Å². The number of amides is 1. The summed E-state index contributed by atoms with van der Waals surface area (Å²) in [6.45, 7) is 10.8. The lowest BCUT2D eigenvalue weighted by molar-refractivity contribution is -0.141. The molecule has 0 aromatic rings. The number of hydrogen-bond donors (Lipinski definition) is 4. The van der Waals surface area contributed by atoms with Crippen LogP contribution in [-0.4, -0.2) is 46.3 Å². The van der Waals surface area contributed by atoms with Crippen molar-refractivity contribution in [3.05, 3.63) is 46.6 Å². The third-order valence-corrected chi connectivity index (χ3v) is 6.50. The van der Waals surface area contributed by atoms with Gasteiger partial charge in [0.25, 0.3) is 0 Å². The molecule has 4 N–H and O–H groups in total. The van der Waals surface area contributed by atoms with Crippen molar-refractivity contribution in [3.8, 4) is 0 Å². The number of nitrogens with one attached hydrogen (secondary N) is 1. The predicted octanol–water partition coefficient (Wildman–Crippen LogP) is 5.69. The zero-order valence-electron chi connectivity index (χ0n) is 21.0. The van der Waals surface area contributed by atoms with E-state index in [4.69, 9.17) is 5.73 Å². The Hall–Kier alpha value is -1.44. The molecule has 0 fully saturated rings. The molecule has 2 atom stereocenters. The lowest BCUT2D eigenvalue weighted by atomic mass is 10.0. The first-order valence-electron chi connectivity index (χ1n) is 11.6. The molecule has 0 rings (SSSR count). The molecular formula is C26H44N2O3S2. The quantitative estimate of drug-likeness (QED) is 0.118. The minimum absolute atomic E-state index is 0.175. The summed E-state index contributed by atoms with van der Waals surface area (Å²) in [5.74, 6) is -0.356. The van der Waals surface area contributed by atoms with E-state index in [9.17, 15) is 14.7 Å². The van der Waals surface area contributed by atoms with E-state index in [1.807, 2.05) is 0 Å². The van der Waals surface area contributed by atoms with Crippen molar-refractivity contribution in [1.29, 1.82) is 0 Å². The maximum absolute atomic E-state index is 11.8. The summed E-state index contributed by atoms with van der Waals surface area (Å²) in [5, 5.41) is 11.8. The monoisotopic (exact) mass is 496 g/mol. The van der Waals surface area contributed by atoms with Crippen LogP contribution in [0.3, 0.4) is 0 Å². The van der Waals surface area contributed by atoms with Crippen LogP contribution >= 0.6 is 24.4 Å². The zero-order valence-corrected chi connectivity index (χ0v) is 22.7. The highest BCUT2D eigenvalue weighted by molar-refractivity contribution is 7.99. The highest BCUT2D eigenvalue weighted by Gasteiger charge is 2.22. The zero-order chi connectivity index (χ0) is 25.2. The van der Waals surface area contributed by atoms with Gasteiger partial charge in [0.15, 0.2) is 0 Å². The lowest BCUT2D eigenvalue weighted by Gasteiger charge is -2.16. The molecule has 0 aromatic heterocycles. The summed E-state index contributed by atoms with van der Waals surface area (Å²) in [4.78, 5) is 23.1. The number of thiol groups is 1. The van der Waals surface area contributed by atoms with E-state index in [0.717, 1.165) is 38.5 Å². The van der Waals surface area contributed by atoms with Gasteiger partial charge in [-0.05, 0) is 73.1 Å². The lowest BCUT2D eigenvalue weighted by Crippen LogP contribution is -2.50. The number of carbonyl (C=O) groups excluding carboxylic acids is 1. The second kappa shape index (κ2) is 18.9. The third-order valence-electron chi connectivity index (χ3n) is 5.14. The number of aliphatic carboxylic acids is 1. The van der Waals surface area contributed by atoms with Crippen molar-refractivity contribution in [2.24, 2.45) is 5.73 Å². The molecular weight excluding hydrogens is 452 g/mol. The van der Waals surface area contributed by atoms with E-state index in [1.165, 1.54) is 34.1 Å². The molecule has 188 valence electrons. The smallest absolute Gasteiger partial charge is 0.327 e. The Morgan fingerprint density at radius 2 is 1.39 bits per heavy atom. The van der Waals surface area contributed by atoms with Crippen molar-refractivity contribution >= 4 is 36.3 Å². The number of carbonyl (C=O) groups is 2. The second-order valence-electron chi connectivity index (χ2n) is 8.77. The van der Waals surface area contributed by atoms with E-state index < -0.39 is 24.0 Å². The average molecular weight is 497 g/mol. The SMILES string of the molecule is CC(C)=CCC/C(C)=C/CC/C(C)=C/CC/C(C)=C/CSC[C@H](NC(=O)[C@@H](N)CS)C(=O)O. The van der Waals surface area contributed by atoms with Crippen LogP contribution in [0.15, 0.2) is 46.6 Å². The Morgan fingerprint density at radius 3 is 1.85 bits per heavy atom. The first-order chi connectivity index (χ1) is 15.6. The van der Waals surface area contributed by atoms with Gasteiger partial charge in [0, 0.05) is 17.3 Å². The van der Waals surface area contributed by atoms with Crippen LogP contribution in [0, 0.1) is 0 Å². The standard InChI is InChI=1S/C26H44N2O3S2/c1-19(2)9-6-10-20(3)11-7-12-21(4)13-8-14-22(5)15-16-33-18-24(26(30)31)28-25(29)23(27)17-32/h9,11,13,15,23-24,32H,6-8,10,12,14,16-18,27H2,1-5H3,(H,28,29)(H,30,31)/b20-11+,21-13+,22-15+/t23-,24-/m0/s1. The van der Waals surface area contributed by atoms with Gasteiger partial charge in [-0.2, -0.15) is 24.4 Å². The van der Waals surface area contributed by atoms with Crippen LogP contribution in [0.4, 0.5) is 0 Å². The summed E-state index contributed by atoms with van der Waals surface area (Å²) < 4.78 is 0. The number of carboxylic acid groups (broad SMARTS) is 1. The van der Waals surface area contributed by atoms with Crippen molar-refractivity contribution < 1.29 is 14.7 Å². The Labute approximate surface area is 210 Å². The molecule has 0 aliphatic rings. The van der Waals surface area contributed by atoms with Crippen LogP contribution in [-0.2, 0) is 9.59 Å². The highest BCUT2D eigenvalue weighted by atomic mass is 32.2. The number of carboxylic acids is 1. The molecule has 0 aliphatic carbocycles. The minimum atomic E-state index is -1.05. The average Bonchev–Trinajstić information content (AvgIpc) is 2.74. The molecule has 0 saturated carbocycles. The van der Waals surface area contributed by atoms with Gasteiger partial charge in [0.05, 0.1) is 6.04 Å². The summed E-state index contributed by atoms with van der Waals surface area (Å²) >= 11 is 5.45. The van der Waals surface area contributed by atoms with E-state index in [1.54, 1.807) is 0 Å². The molecule has 7 heteroatoms. The molecule has 0 aliphatic heterocycles. The summed E-state index contributed by atoms with van der Waals surface area (Å²) in [6, 6.07) is -1.75. The van der Waals surface area contributed by atoms with Crippen molar-refractivity contribution in [2.75, 3.05) is 17.3 Å². The van der Waals surface area contributed by atoms with Gasteiger partial charge in [-0.15, -0.1) is 0 Å². The van der Waals surface area contributed by atoms with Gasteiger partial charge >= 0.3 is 5.97 Å². The van der Waals surface area contributed by atoms with Gasteiger partial charge in [0.1, 0.15) is 6.04 Å². The van der Waals surface area contributed by atoms with E-state index in [0.29, 0.717) is 11.5 Å². The molecule has 0 aromatic carbocycles. The summed E-state index contributed by atoms with van der Waals surface area (Å²) in [6.07, 6.45) is 15.6. The Morgan fingerprint density at radius 1 is 0.909 bits per heavy atom. The van der Waals surface area contributed by atoms with Crippen LogP contribution in [0.1, 0.15) is 73.1 Å². The number of rotatable bonds is 17. The Kier molecular flexibility index (Phi) is 18.1. The third kappa shape index (κ3) is 17.7. The van der Waals surface area contributed by atoms with E-state index in [-0.39, 0.29) is 5.75 Å². The van der Waals surface area contributed by atoms with Gasteiger partial charge in [-0.1, -0.05) is 46.6 Å². The maximum Gasteiger partial charge on any atom is 0.327 e. The fraction of sp³-hybridized carbons (Fsp3) is 0.615. The van der Waals surface area contributed by atoms with Gasteiger partial charge in [-0.25, -0.2) is 4.79 Å². The van der Waals surface area contributed by atoms with Gasteiger partial charge < -0.3 is 16.2 Å². The molecule has 0 radical (unpaired) electrons. The summed E-state index contributed by atoms with van der Waals surface area (Å²) in [5.41, 5.74) is 11.1. The molecule has 0 heterocycles.